The average Bonchev–Trinajstić information content (AvgIpc) is 2.51. The fraction of sp³-hybridized carbons (Fsp3) is 0.778. The molecule has 0 spiro atoms. The molecule has 3 nitrogen and oxygen atoms in total. The molecule has 3 heteroatoms. The van der Waals surface area contributed by atoms with Crippen molar-refractivity contribution in [2.75, 3.05) is 6.61 Å². The lowest BCUT2D eigenvalue weighted by Gasteiger charge is -2.21. The van der Waals surface area contributed by atoms with E-state index < -0.39 is 0 Å². The number of hydrazine groups is 1. The molecule has 0 radical (unpaired) electrons. The largest absolute Gasteiger partial charge is 0.377 e. The maximum atomic E-state index is 5.52. The van der Waals surface area contributed by atoms with Gasteiger partial charge in [0.1, 0.15) is 0 Å². The molecule has 0 aromatic heterocycles. The molecule has 1 saturated heterocycles. The summed E-state index contributed by atoms with van der Waals surface area (Å²) in [6.07, 6.45) is 3.45. The minimum Gasteiger partial charge on any atom is -0.377 e. The highest BCUT2D eigenvalue weighted by atomic mass is 16.5. The van der Waals surface area contributed by atoms with Crippen molar-refractivity contribution >= 4 is 0 Å². The molecule has 2 atom stereocenters. The van der Waals surface area contributed by atoms with E-state index in [9.17, 15) is 0 Å². The van der Waals surface area contributed by atoms with Crippen LogP contribution in [0.15, 0.2) is 12.2 Å². The van der Waals surface area contributed by atoms with Gasteiger partial charge in [0.25, 0.3) is 0 Å². The van der Waals surface area contributed by atoms with Crippen molar-refractivity contribution in [2.24, 2.45) is 5.84 Å². The van der Waals surface area contributed by atoms with Crippen LogP contribution in [0.5, 0.6) is 0 Å². The predicted octanol–water partition coefficient (Wildman–Crippen LogP) is 0.963. The molecule has 12 heavy (non-hydrogen) atoms. The molecule has 1 aliphatic rings. The Morgan fingerprint density at radius 2 is 2.58 bits per heavy atom. The summed E-state index contributed by atoms with van der Waals surface area (Å²) in [4.78, 5) is 0. The zero-order valence-corrected chi connectivity index (χ0v) is 7.68. The van der Waals surface area contributed by atoms with Gasteiger partial charge in [-0.25, -0.2) is 0 Å². The fourth-order valence-electron chi connectivity index (χ4n) is 1.59. The van der Waals surface area contributed by atoms with Gasteiger partial charge in [-0.2, -0.15) is 0 Å². The third-order valence-electron chi connectivity index (χ3n) is 2.20. The van der Waals surface area contributed by atoms with E-state index in [0.29, 0.717) is 0 Å². The molecule has 1 heterocycles. The van der Waals surface area contributed by atoms with Crippen LogP contribution in [0, 0.1) is 0 Å². The highest BCUT2D eigenvalue weighted by Crippen LogP contribution is 2.18. The van der Waals surface area contributed by atoms with Crippen LogP contribution in [0.2, 0.25) is 0 Å². The Morgan fingerprint density at radius 3 is 3.00 bits per heavy atom. The normalized spacial score (nSPS) is 25.7. The smallest absolute Gasteiger partial charge is 0.0745 e. The van der Waals surface area contributed by atoms with Crippen LogP contribution in [-0.4, -0.2) is 18.8 Å². The summed E-state index contributed by atoms with van der Waals surface area (Å²) in [6.45, 7) is 6.75. The van der Waals surface area contributed by atoms with Crippen molar-refractivity contribution in [1.82, 2.24) is 5.43 Å². The summed E-state index contributed by atoms with van der Waals surface area (Å²) >= 11 is 0. The monoisotopic (exact) mass is 170 g/mol. The summed E-state index contributed by atoms with van der Waals surface area (Å²) in [5.74, 6) is 5.43. The lowest BCUT2D eigenvalue weighted by molar-refractivity contribution is 0.0785. The van der Waals surface area contributed by atoms with E-state index in [0.717, 1.165) is 31.4 Å². The first-order chi connectivity index (χ1) is 5.74. The van der Waals surface area contributed by atoms with E-state index in [1.807, 2.05) is 6.92 Å². The number of nitrogens with one attached hydrogen (secondary N) is 1. The Labute approximate surface area is 73.9 Å². The number of ether oxygens (including phenoxy) is 1. The second-order valence-corrected chi connectivity index (χ2v) is 3.49. The maximum absolute atomic E-state index is 5.52. The lowest BCUT2D eigenvalue weighted by atomic mass is 10.0. The van der Waals surface area contributed by atoms with Gasteiger partial charge in [0.15, 0.2) is 0 Å². The molecule has 0 bridgehead atoms. The van der Waals surface area contributed by atoms with Crippen LogP contribution in [0.3, 0.4) is 0 Å². The molecule has 70 valence electrons. The van der Waals surface area contributed by atoms with Crippen molar-refractivity contribution in [3.8, 4) is 0 Å². The summed E-state index contributed by atoms with van der Waals surface area (Å²) in [5.41, 5.74) is 3.94. The highest BCUT2D eigenvalue weighted by molar-refractivity contribution is 4.95. The van der Waals surface area contributed by atoms with Crippen LogP contribution in [-0.2, 0) is 4.74 Å². The highest BCUT2D eigenvalue weighted by Gasteiger charge is 2.24. The Hall–Kier alpha value is -0.380. The molecule has 1 rings (SSSR count). The fourth-order valence-corrected chi connectivity index (χ4v) is 1.59. The first kappa shape index (κ1) is 9.71. The molecular weight excluding hydrogens is 152 g/mol. The van der Waals surface area contributed by atoms with Crippen molar-refractivity contribution in [3.63, 3.8) is 0 Å². The van der Waals surface area contributed by atoms with Crippen molar-refractivity contribution in [1.29, 1.82) is 0 Å². The second-order valence-electron chi connectivity index (χ2n) is 3.49. The number of nitrogens with two attached hydrogens (primary N) is 1. The van der Waals surface area contributed by atoms with Gasteiger partial charge < -0.3 is 4.74 Å². The Bertz CT molecular complexity index is 153. The Morgan fingerprint density at radius 1 is 1.83 bits per heavy atom. The first-order valence-corrected chi connectivity index (χ1v) is 4.46. The van der Waals surface area contributed by atoms with Gasteiger partial charge in [-0.05, 0) is 26.2 Å². The van der Waals surface area contributed by atoms with Gasteiger partial charge in [0.05, 0.1) is 12.1 Å². The zero-order chi connectivity index (χ0) is 8.97. The molecule has 1 aliphatic heterocycles. The summed E-state index contributed by atoms with van der Waals surface area (Å²) < 4.78 is 5.52. The van der Waals surface area contributed by atoms with E-state index in [1.54, 1.807) is 0 Å². The number of hydrogen-bond acceptors (Lipinski definition) is 3. The molecule has 0 amide bonds. The van der Waals surface area contributed by atoms with Crippen LogP contribution >= 0.6 is 0 Å². The third-order valence-corrected chi connectivity index (χ3v) is 2.20. The summed E-state index contributed by atoms with van der Waals surface area (Å²) in [5, 5.41) is 0. The van der Waals surface area contributed by atoms with E-state index in [2.05, 4.69) is 12.0 Å². The van der Waals surface area contributed by atoms with Gasteiger partial charge in [0.2, 0.25) is 0 Å². The maximum Gasteiger partial charge on any atom is 0.0745 e. The molecule has 0 aromatic carbocycles. The molecule has 0 saturated carbocycles. The first-order valence-electron chi connectivity index (χ1n) is 4.46. The van der Waals surface area contributed by atoms with Crippen molar-refractivity contribution in [2.45, 2.75) is 38.3 Å². The minimum absolute atomic E-state index is 0.241. The Kier molecular flexibility index (Phi) is 3.72. The van der Waals surface area contributed by atoms with E-state index in [1.165, 1.54) is 0 Å². The number of hydrogen-bond donors (Lipinski definition) is 2. The molecule has 2 unspecified atom stereocenters. The molecule has 3 N–H and O–H groups in total. The summed E-state index contributed by atoms with van der Waals surface area (Å²) in [7, 11) is 0. The van der Waals surface area contributed by atoms with Crippen LogP contribution in [0.4, 0.5) is 0 Å². The topological polar surface area (TPSA) is 47.3 Å². The minimum atomic E-state index is 0.241. The van der Waals surface area contributed by atoms with Crippen molar-refractivity contribution < 1.29 is 4.74 Å². The van der Waals surface area contributed by atoms with E-state index in [-0.39, 0.29) is 12.1 Å². The molecule has 0 aliphatic carbocycles. The molecule has 0 aromatic rings. The lowest BCUT2D eigenvalue weighted by Crippen LogP contribution is -2.43. The van der Waals surface area contributed by atoms with E-state index >= 15 is 0 Å². The average molecular weight is 170 g/mol. The van der Waals surface area contributed by atoms with Crippen LogP contribution in [0.1, 0.15) is 26.2 Å². The van der Waals surface area contributed by atoms with Gasteiger partial charge in [-0.15, -0.1) is 6.58 Å². The SMILES string of the molecule is C=C(C)CC(NN)C1CCCO1. The van der Waals surface area contributed by atoms with Gasteiger partial charge in [0, 0.05) is 6.61 Å². The predicted molar refractivity (Wildman–Crippen MR) is 49.5 cm³/mol. The van der Waals surface area contributed by atoms with Gasteiger partial charge in [-0.1, -0.05) is 5.57 Å². The Balaban J connectivity index is 2.37. The molecule has 1 fully saturated rings. The standard InChI is InChI=1S/C9H18N2O/c1-7(2)6-8(11-10)9-4-3-5-12-9/h8-9,11H,1,3-6,10H2,2H3. The van der Waals surface area contributed by atoms with Gasteiger partial charge in [-0.3, -0.25) is 11.3 Å². The quantitative estimate of drug-likeness (QED) is 0.375. The van der Waals surface area contributed by atoms with Crippen LogP contribution in [0.25, 0.3) is 0 Å². The second kappa shape index (κ2) is 4.60. The number of rotatable bonds is 4. The zero-order valence-electron chi connectivity index (χ0n) is 7.68. The summed E-state index contributed by atoms with van der Waals surface area (Å²) in [6, 6.07) is 0.241. The van der Waals surface area contributed by atoms with Crippen LogP contribution < -0.4 is 11.3 Å². The molecular formula is C9H18N2O. The van der Waals surface area contributed by atoms with Crippen molar-refractivity contribution in [3.05, 3.63) is 12.2 Å². The van der Waals surface area contributed by atoms with Gasteiger partial charge >= 0.3 is 0 Å². The third kappa shape index (κ3) is 2.59. The van der Waals surface area contributed by atoms with E-state index in [4.69, 9.17) is 10.6 Å².